The van der Waals surface area contributed by atoms with E-state index in [0.29, 0.717) is 10.6 Å². The van der Waals surface area contributed by atoms with Gasteiger partial charge in [-0.2, -0.15) is 0 Å². The summed E-state index contributed by atoms with van der Waals surface area (Å²) in [5.74, 6) is 0. The van der Waals surface area contributed by atoms with Gasteiger partial charge in [-0.25, -0.2) is 0 Å². The topological polar surface area (TPSA) is 35.5 Å². The fourth-order valence-corrected chi connectivity index (χ4v) is 5.86. The summed E-state index contributed by atoms with van der Waals surface area (Å²) in [4.78, 5) is 0. The minimum Gasteiger partial charge on any atom is -0.311 e. The zero-order chi connectivity index (χ0) is 18.6. The van der Waals surface area contributed by atoms with Gasteiger partial charge in [0, 0.05) is 19.2 Å². The van der Waals surface area contributed by atoms with Gasteiger partial charge < -0.3 is 9.05 Å². The van der Waals surface area contributed by atoms with Gasteiger partial charge in [0.25, 0.3) is 0 Å². The Bertz CT molecular complexity index is 865. The van der Waals surface area contributed by atoms with E-state index >= 15 is 0 Å². The van der Waals surface area contributed by atoms with Crippen molar-refractivity contribution in [1.82, 2.24) is 0 Å². The predicted molar refractivity (Wildman–Crippen MR) is 106 cm³/mol. The van der Waals surface area contributed by atoms with Gasteiger partial charge >= 0.3 is 7.60 Å². The van der Waals surface area contributed by atoms with Crippen molar-refractivity contribution in [3.63, 3.8) is 0 Å². The van der Waals surface area contributed by atoms with Crippen LogP contribution in [0.5, 0.6) is 0 Å². The molecule has 0 unspecified atom stereocenters. The molecular weight excluding hydrogens is 367 g/mol. The zero-order valence-corrected chi connectivity index (χ0v) is 16.3. The molecule has 26 heavy (non-hydrogen) atoms. The summed E-state index contributed by atoms with van der Waals surface area (Å²) in [7, 11) is -0.890. The van der Waals surface area contributed by atoms with Crippen molar-refractivity contribution in [2.45, 2.75) is 5.16 Å². The summed E-state index contributed by atoms with van der Waals surface area (Å²) in [6.07, 6.45) is 0. The van der Waals surface area contributed by atoms with Gasteiger partial charge in [-0.3, -0.25) is 4.57 Å². The van der Waals surface area contributed by atoms with E-state index in [0.717, 1.165) is 11.1 Å². The molecule has 0 amide bonds. The van der Waals surface area contributed by atoms with E-state index in [9.17, 15) is 4.57 Å². The second-order valence-corrected chi connectivity index (χ2v) is 8.59. The van der Waals surface area contributed by atoms with Crippen LogP contribution in [0.2, 0.25) is 5.02 Å². The highest BCUT2D eigenvalue weighted by Crippen LogP contribution is 2.70. The third-order valence-electron chi connectivity index (χ3n) is 4.54. The molecule has 0 aromatic heterocycles. The van der Waals surface area contributed by atoms with Gasteiger partial charge in [0.05, 0.1) is 0 Å². The van der Waals surface area contributed by atoms with Crippen LogP contribution in [0.1, 0.15) is 16.7 Å². The molecule has 0 fully saturated rings. The van der Waals surface area contributed by atoms with E-state index in [1.807, 2.05) is 78.9 Å². The number of rotatable bonds is 6. The van der Waals surface area contributed by atoms with Crippen LogP contribution in [-0.4, -0.2) is 14.2 Å². The highest BCUT2D eigenvalue weighted by Gasteiger charge is 2.55. The van der Waals surface area contributed by atoms with Crippen LogP contribution in [0.15, 0.2) is 84.9 Å². The van der Waals surface area contributed by atoms with Crippen molar-refractivity contribution < 1.29 is 13.6 Å². The summed E-state index contributed by atoms with van der Waals surface area (Å²) >= 11 is 6.60. The fourth-order valence-electron chi connectivity index (χ4n) is 3.40. The lowest BCUT2D eigenvalue weighted by molar-refractivity contribution is 0.259. The van der Waals surface area contributed by atoms with Crippen molar-refractivity contribution in [3.8, 4) is 0 Å². The standard InChI is InChI=1S/C21H20ClO3P/c1-24-26(23,25-2)21(17-11-5-3-6-12-17,18-13-7-4-8-14-18)19-15-9-10-16-20(19)22/h3-16H,1-2H3. The Labute approximate surface area is 159 Å². The largest absolute Gasteiger partial charge is 0.349 e. The van der Waals surface area contributed by atoms with E-state index in [2.05, 4.69) is 0 Å². The maximum Gasteiger partial charge on any atom is 0.349 e. The maximum atomic E-state index is 14.0. The van der Waals surface area contributed by atoms with Gasteiger partial charge in [0.2, 0.25) is 0 Å². The lowest BCUT2D eigenvalue weighted by Crippen LogP contribution is -2.31. The third-order valence-corrected chi connectivity index (χ3v) is 7.41. The van der Waals surface area contributed by atoms with Crippen molar-refractivity contribution in [2.75, 3.05) is 14.2 Å². The molecule has 0 aliphatic rings. The number of hydrogen-bond acceptors (Lipinski definition) is 3. The van der Waals surface area contributed by atoms with Crippen LogP contribution in [0.3, 0.4) is 0 Å². The first-order chi connectivity index (χ1) is 12.6. The first-order valence-corrected chi connectivity index (χ1v) is 10.1. The maximum absolute atomic E-state index is 14.0. The Morgan fingerprint density at radius 3 is 1.58 bits per heavy atom. The molecule has 134 valence electrons. The third kappa shape index (κ3) is 2.91. The minimum absolute atomic E-state index is 0.495. The Morgan fingerprint density at radius 1 is 0.731 bits per heavy atom. The predicted octanol–water partition coefficient (Wildman–Crippen LogP) is 6.12. The lowest BCUT2D eigenvalue weighted by atomic mass is 9.84. The fraction of sp³-hybridized carbons (Fsp3) is 0.143. The average Bonchev–Trinajstić information content (AvgIpc) is 2.71. The normalized spacial score (nSPS) is 12.1. The molecule has 0 spiro atoms. The molecule has 3 nitrogen and oxygen atoms in total. The smallest absolute Gasteiger partial charge is 0.311 e. The van der Waals surface area contributed by atoms with Crippen LogP contribution < -0.4 is 0 Å². The second kappa shape index (κ2) is 7.77. The molecule has 0 atom stereocenters. The SMILES string of the molecule is COP(=O)(OC)C(c1ccccc1)(c1ccccc1)c1ccccc1Cl. The van der Waals surface area contributed by atoms with Crippen LogP contribution in [0.4, 0.5) is 0 Å². The highest BCUT2D eigenvalue weighted by molar-refractivity contribution is 7.55. The Hall–Kier alpha value is -1.90. The summed E-state index contributed by atoms with van der Waals surface area (Å²) in [6, 6.07) is 26.5. The quantitative estimate of drug-likeness (QED) is 0.378. The molecule has 0 radical (unpaired) electrons. The monoisotopic (exact) mass is 386 g/mol. The van der Waals surface area contributed by atoms with Gasteiger partial charge in [-0.05, 0) is 22.8 Å². The Kier molecular flexibility index (Phi) is 5.64. The second-order valence-electron chi connectivity index (χ2n) is 5.78. The van der Waals surface area contributed by atoms with Gasteiger partial charge in [-0.15, -0.1) is 0 Å². The number of benzene rings is 3. The Morgan fingerprint density at radius 2 is 1.15 bits per heavy atom. The van der Waals surface area contributed by atoms with Gasteiger partial charge in [0.1, 0.15) is 5.16 Å². The van der Waals surface area contributed by atoms with Crippen molar-refractivity contribution in [1.29, 1.82) is 0 Å². The summed E-state index contributed by atoms with van der Waals surface area (Å²) in [5.41, 5.74) is 2.24. The Balaban J connectivity index is 2.52. The van der Waals surface area contributed by atoms with E-state index in [1.165, 1.54) is 14.2 Å². The van der Waals surface area contributed by atoms with E-state index in [4.69, 9.17) is 20.6 Å². The lowest BCUT2D eigenvalue weighted by Gasteiger charge is -2.39. The van der Waals surface area contributed by atoms with Crippen LogP contribution in [0.25, 0.3) is 0 Å². The van der Waals surface area contributed by atoms with Crippen molar-refractivity contribution in [2.24, 2.45) is 0 Å². The summed E-state index contributed by atoms with van der Waals surface area (Å²) < 4.78 is 25.1. The summed E-state index contributed by atoms with van der Waals surface area (Å²) in [6.45, 7) is 0. The molecule has 0 aliphatic carbocycles. The van der Waals surface area contributed by atoms with Crippen LogP contribution in [0, 0.1) is 0 Å². The molecule has 0 aliphatic heterocycles. The molecule has 0 saturated heterocycles. The van der Waals surface area contributed by atoms with Crippen molar-refractivity contribution >= 4 is 19.2 Å². The molecule has 0 heterocycles. The first-order valence-electron chi connectivity index (χ1n) is 8.18. The van der Waals surface area contributed by atoms with Crippen LogP contribution in [-0.2, 0) is 18.8 Å². The molecule has 0 saturated carbocycles. The van der Waals surface area contributed by atoms with Crippen molar-refractivity contribution in [3.05, 3.63) is 107 Å². The first kappa shape index (κ1) is 18.9. The minimum atomic E-state index is -3.70. The van der Waals surface area contributed by atoms with Gasteiger partial charge in [-0.1, -0.05) is 90.5 Å². The number of hydrogen-bond donors (Lipinski definition) is 0. The van der Waals surface area contributed by atoms with E-state index in [1.54, 1.807) is 6.07 Å². The van der Waals surface area contributed by atoms with E-state index in [-0.39, 0.29) is 0 Å². The average molecular weight is 387 g/mol. The number of halogens is 1. The summed E-state index contributed by atoms with van der Waals surface area (Å²) in [5, 5.41) is -0.702. The molecule has 3 rings (SSSR count). The zero-order valence-electron chi connectivity index (χ0n) is 14.6. The molecule has 0 N–H and O–H groups in total. The molecular formula is C21H20ClO3P. The van der Waals surface area contributed by atoms with E-state index < -0.39 is 12.8 Å². The van der Waals surface area contributed by atoms with Gasteiger partial charge in [0.15, 0.2) is 0 Å². The van der Waals surface area contributed by atoms with Crippen LogP contribution >= 0.6 is 19.2 Å². The molecule has 3 aromatic rings. The molecule has 0 bridgehead atoms. The molecule has 3 aromatic carbocycles. The molecule has 5 heteroatoms. The highest BCUT2D eigenvalue weighted by atomic mass is 35.5.